The number of aryl methyl sites for hydroxylation is 2. The molecule has 148 valence electrons. The Hall–Kier alpha value is -2.54. The summed E-state index contributed by atoms with van der Waals surface area (Å²) in [5.41, 5.74) is 1.77. The van der Waals surface area contributed by atoms with Crippen molar-refractivity contribution in [2.24, 2.45) is 5.92 Å². The number of amides is 2. The summed E-state index contributed by atoms with van der Waals surface area (Å²) in [4.78, 5) is 26.4. The van der Waals surface area contributed by atoms with Gasteiger partial charge in [0.05, 0.1) is 22.2 Å². The van der Waals surface area contributed by atoms with Gasteiger partial charge in [0.25, 0.3) is 0 Å². The van der Waals surface area contributed by atoms with Crippen LogP contribution >= 0.6 is 11.6 Å². The lowest BCUT2D eigenvalue weighted by atomic mass is 10.1. The number of nitrogens with zero attached hydrogens (tertiary/aromatic N) is 1. The number of carbonyl (C=O) groups is 2. The molecular weight excluding hydrogens is 393 g/mol. The van der Waals surface area contributed by atoms with Crippen LogP contribution in [0.4, 0.5) is 24.5 Å². The van der Waals surface area contributed by atoms with Crippen molar-refractivity contribution in [3.63, 3.8) is 0 Å². The zero-order valence-corrected chi connectivity index (χ0v) is 16.0. The van der Waals surface area contributed by atoms with E-state index in [0.29, 0.717) is 5.69 Å². The highest BCUT2D eigenvalue weighted by molar-refractivity contribution is 6.33. The lowest BCUT2D eigenvalue weighted by Crippen LogP contribution is -2.28. The molecule has 2 aromatic rings. The van der Waals surface area contributed by atoms with E-state index in [1.165, 1.54) is 4.90 Å². The Morgan fingerprint density at radius 1 is 1.14 bits per heavy atom. The van der Waals surface area contributed by atoms with Crippen LogP contribution < -0.4 is 10.2 Å². The second-order valence-corrected chi connectivity index (χ2v) is 7.26. The second-order valence-electron chi connectivity index (χ2n) is 6.86. The summed E-state index contributed by atoms with van der Waals surface area (Å²) < 4.78 is 38.6. The zero-order chi connectivity index (χ0) is 20.6. The largest absolute Gasteiger partial charge is 0.416 e. The van der Waals surface area contributed by atoms with E-state index in [2.05, 4.69) is 5.32 Å². The van der Waals surface area contributed by atoms with E-state index in [4.69, 9.17) is 11.6 Å². The second kappa shape index (κ2) is 7.47. The molecule has 0 saturated carbocycles. The van der Waals surface area contributed by atoms with Crippen molar-refractivity contribution < 1.29 is 22.8 Å². The van der Waals surface area contributed by atoms with Crippen molar-refractivity contribution in [1.82, 2.24) is 0 Å². The minimum Gasteiger partial charge on any atom is -0.324 e. The van der Waals surface area contributed by atoms with Crippen molar-refractivity contribution >= 4 is 34.8 Å². The lowest BCUT2D eigenvalue weighted by Gasteiger charge is -2.18. The Bertz CT molecular complexity index is 944. The van der Waals surface area contributed by atoms with Gasteiger partial charge in [-0.25, -0.2) is 0 Å². The van der Waals surface area contributed by atoms with Gasteiger partial charge in [-0.15, -0.1) is 0 Å². The van der Waals surface area contributed by atoms with Crippen LogP contribution in [0.3, 0.4) is 0 Å². The van der Waals surface area contributed by atoms with Gasteiger partial charge in [0.1, 0.15) is 0 Å². The van der Waals surface area contributed by atoms with Crippen molar-refractivity contribution in [2.45, 2.75) is 26.4 Å². The number of nitrogens with one attached hydrogen (secondary N) is 1. The van der Waals surface area contributed by atoms with E-state index in [1.807, 2.05) is 32.0 Å². The van der Waals surface area contributed by atoms with Crippen LogP contribution in [0, 0.1) is 19.8 Å². The van der Waals surface area contributed by atoms with Crippen LogP contribution in [-0.2, 0) is 15.8 Å². The van der Waals surface area contributed by atoms with Gasteiger partial charge in [-0.2, -0.15) is 13.2 Å². The van der Waals surface area contributed by atoms with Crippen LogP contribution in [-0.4, -0.2) is 18.4 Å². The van der Waals surface area contributed by atoms with Crippen molar-refractivity contribution in [3.8, 4) is 0 Å². The molecule has 1 heterocycles. The first-order valence-corrected chi connectivity index (χ1v) is 8.99. The minimum atomic E-state index is -4.55. The fraction of sp³-hybridized carbons (Fsp3) is 0.300. The van der Waals surface area contributed by atoms with Crippen LogP contribution in [0.1, 0.15) is 23.1 Å². The first-order valence-electron chi connectivity index (χ1n) is 8.61. The summed E-state index contributed by atoms with van der Waals surface area (Å²) in [5.74, 6) is -1.43. The van der Waals surface area contributed by atoms with Gasteiger partial charge in [-0.05, 0) is 55.3 Å². The van der Waals surface area contributed by atoms with Gasteiger partial charge in [-0.3, -0.25) is 9.59 Å². The summed E-state index contributed by atoms with van der Waals surface area (Å²) >= 11 is 5.92. The first-order chi connectivity index (χ1) is 13.1. The number of hydrogen-bond donors (Lipinski definition) is 1. The lowest BCUT2D eigenvalue weighted by molar-refractivity contribution is -0.137. The molecule has 1 aliphatic heterocycles. The fourth-order valence-corrected chi connectivity index (χ4v) is 3.22. The van der Waals surface area contributed by atoms with Gasteiger partial charge < -0.3 is 10.2 Å². The monoisotopic (exact) mass is 410 g/mol. The molecule has 0 aliphatic carbocycles. The Morgan fingerprint density at radius 3 is 2.50 bits per heavy atom. The highest BCUT2D eigenvalue weighted by Gasteiger charge is 2.36. The Morgan fingerprint density at radius 2 is 1.86 bits per heavy atom. The third kappa shape index (κ3) is 4.14. The fourth-order valence-electron chi connectivity index (χ4n) is 3.06. The number of rotatable bonds is 3. The molecule has 0 spiro atoms. The molecule has 0 aromatic heterocycles. The summed E-state index contributed by atoms with van der Waals surface area (Å²) in [6.45, 7) is 4.04. The standard InChI is InChI=1S/C20H18ClF3N2O2/c1-11-3-5-15(7-12(11)2)26-10-13(8-18(26)27)19(28)25-17-9-14(20(22,23)24)4-6-16(17)21/h3-7,9,13H,8,10H2,1-2H3,(H,25,28). The Labute approximate surface area is 165 Å². The molecule has 1 atom stereocenters. The molecule has 4 nitrogen and oxygen atoms in total. The van der Waals surface area contributed by atoms with Crippen LogP contribution in [0.25, 0.3) is 0 Å². The molecule has 1 fully saturated rings. The van der Waals surface area contributed by atoms with Crippen molar-refractivity contribution in [1.29, 1.82) is 0 Å². The first kappa shape index (κ1) is 20.2. The van der Waals surface area contributed by atoms with E-state index < -0.39 is 23.6 Å². The quantitative estimate of drug-likeness (QED) is 0.776. The van der Waals surface area contributed by atoms with Crippen LogP contribution in [0.5, 0.6) is 0 Å². The smallest absolute Gasteiger partial charge is 0.324 e. The third-order valence-corrected chi connectivity index (χ3v) is 5.18. The predicted molar refractivity (Wildman–Crippen MR) is 101 cm³/mol. The van der Waals surface area contributed by atoms with Crippen molar-refractivity contribution in [3.05, 3.63) is 58.1 Å². The molecule has 3 rings (SSSR count). The molecule has 0 radical (unpaired) electrons. The van der Waals surface area contributed by atoms with E-state index in [0.717, 1.165) is 29.3 Å². The number of benzene rings is 2. The van der Waals surface area contributed by atoms with E-state index in [-0.39, 0.29) is 29.6 Å². The molecule has 2 amide bonds. The molecule has 1 aliphatic rings. The molecular formula is C20H18ClF3N2O2. The number of carbonyl (C=O) groups excluding carboxylic acids is 2. The van der Waals surface area contributed by atoms with Gasteiger partial charge in [0.2, 0.25) is 11.8 Å². The zero-order valence-electron chi connectivity index (χ0n) is 15.2. The summed E-state index contributed by atoms with van der Waals surface area (Å²) in [6, 6.07) is 8.30. The van der Waals surface area contributed by atoms with Crippen LogP contribution in [0.15, 0.2) is 36.4 Å². The highest BCUT2D eigenvalue weighted by Crippen LogP contribution is 2.34. The molecule has 2 aromatic carbocycles. The molecule has 28 heavy (non-hydrogen) atoms. The van der Waals surface area contributed by atoms with E-state index in [9.17, 15) is 22.8 Å². The Balaban J connectivity index is 1.76. The number of anilines is 2. The SMILES string of the molecule is Cc1ccc(N2CC(C(=O)Nc3cc(C(F)(F)F)ccc3Cl)CC2=O)cc1C. The maximum atomic E-state index is 12.9. The third-order valence-electron chi connectivity index (χ3n) is 4.85. The van der Waals surface area contributed by atoms with Gasteiger partial charge in [0, 0.05) is 18.7 Å². The molecule has 1 unspecified atom stereocenters. The topological polar surface area (TPSA) is 49.4 Å². The predicted octanol–water partition coefficient (Wildman–Crippen LogP) is 4.97. The Kier molecular flexibility index (Phi) is 5.39. The van der Waals surface area contributed by atoms with Gasteiger partial charge in [-0.1, -0.05) is 17.7 Å². The molecule has 0 bridgehead atoms. The van der Waals surface area contributed by atoms with Crippen LogP contribution in [0.2, 0.25) is 5.02 Å². The minimum absolute atomic E-state index is 0.00307. The van der Waals surface area contributed by atoms with Gasteiger partial charge >= 0.3 is 6.18 Å². The summed E-state index contributed by atoms with van der Waals surface area (Å²) in [5, 5.41) is 2.42. The maximum absolute atomic E-state index is 12.9. The van der Waals surface area contributed by atoms with E-state index >= 15 is 0 Å². The van der Waals surface area contributed by atoms with Gasteiger partial charge in [0.15, 0.2) is 0 Å². The molecule has 1 N–H and O–H groups in total. The average Bonchev–Trinajstić information content (AvgIpc) is 3.00. The molecule has 8 heteroatoms. The highest BCUT2D eigenvalue weighted by atomic mass is 35.5. The average molecular weight is 411 g/mol. The number of halogens is 4. The summed E-state index contributed by atoms with van der Waals surface area (Å²) in [6.07, 6.45) is -4.57. The van der Waals surface area contributed by atoms with E-state index in [1.54, 1.807) is 0 Å². The normalized spacial score (nSPS) is 17.1. The summed E-state index contributed by atoms with van der Waals surface area (Å²) in [7, 11) is 0. The maximum Gasteiger partial charge on any atom is 0.416 e. The van der Waals surface area contributed by atoms with Crippen molar-refractivity contribution in [2.75, 3.05) is 16.8 Å². The molecule has 1 saturated heterocycles. The number of hydrogen-bond acceptors (Lipinski definition) is 2. The number of alkyl halides is 3.